The SMILES string of the molecule is CCC(C(=O)Nc1ccc(C)c(N)c1)N1CCC(C(=O)O)CC1. The molecule has 1 amide bonds. The van der Waals surface area contributed by atoms with E-state index in [4.69, 9.17) is 10.8 Å². The fraction of sp³-hybridized carbons (Fsp3) is 0.529. The summed E-state index contributed by atoms with van der Waals surface area (Å²) in [5.74, 6) is -1.09. The lowest BCUT2D eigenvalue weighted by Crippen LogP contribution is -2.48. The smallest absolute Gasteiger partial charge is 0.306 e. The number of likely N-dealkylation sites (tertiary alicyclic amines) is 1. The molecular weight excluding hydrogens is 294 g/mol. The first-order chi connectivity index (χ1) is 10.9. The number of amides is 1. The topological polar surface area (TPSA) is 95.7 Å². The molecule has 23 heavy (non-hydrogen) atoms. The van der Waals surface area contributed by atoms with E-state index in [9.17, 15) is 9.59 Å². The highest BCUT2D eigenvalue weighted by molar-refractivity contribution is 5.95. The monoisotopic (exact) mass is 319 g/mol. The predicted molar refractivity (Wildman–Crippen MR) is 90.2 cm³/mol. The lowest BCUT2D eigenvalue weighted by Gasteiger charge is -2.35. The zero-order chi connectivity index (χ0) is 17.0. The first kappa shape index (κ1) is 17.3. The molecule has 1 saturated heterocycles. The average Bonchev–Trinajstić information content (AvgIpc) is 2.52. The number of anilines is 2. The Morgan fingerprint density at radius 2 is 2.04 bits per heavy atom. The molecule has 0 saturated carbocycles. The second-order valence-corrected chi connectivity index (χ2v) is 6.13. The molecule has 0 bridgehead atoms. The number of carbonyl (C=O) groups is 2. The number of nitrogens with two attached hydrogens (primary N) is 1. The number of aryl methyl sites for hydroxylation is 1. The maximum absolute atomic E-state index is 12.5. The summed E-state index contributed by atoms with van der Waals surface area (Å²) < 4.78 is 0. The summed E-state index contributed by atoms with van der Waals surface area (Å²) in [6.45, 7) is 5.16. The molecule has 0 aliphatic carbocycles. The Morgan fingerprint density at radius 1 is 1.39 bits per heavy atom. The number of hydrogen-bond acceptors (Lipinski definition) is 4. The number of nitrogen functional groups attached to an aromatic ring is 1. The van der Waals surface area contributed by atoms with Crippen molar-refractivity contribution in [3.63, 3.8) is 0 Å². The summed E-state index contributed by atoms with van der Waals surface area (Å²) in [6.07, 6.45) is 1.87. The van der Waals surface area contributed by atoms with E-state index in [0.717, 1.165) is 5.56 Å². The number of aliphatic carboxylic acids is 1. The van der Waals surface area contributed by atoms with Gasteiger partial charge in [-0.05, 0) is 57.0 Å². The van der Waals surface area contributed by atoms with Crippen molar-refractivity contribution in [2.24, 2.45) is 5.92 Å². The van der Waals surface area contributed by atoms with Crippen molar-refractivity contribution in [2.45, 2.75) is 39.2 Å². The Kier molecular flexibility index (Phi) is 5.60. The predicted octanol–water partition coefficient (Wildman–Crippen LogP) is 2.09. The van der Waals surface area contributed by atoms with Crippen LogP contribution in [0.25, 0.3) is 0 Å². The Bertz CT molecular complexity index is 580. The van der Waals surface area contributed by atoms with Crippen LogP contribution in [0.2, 0.25) is 0 Å². The van der Waals surface area contributed by atoms with E-state index in [1.807, 2.05) is 26.0 Å². The van der Waals surface area contributed by atoms with E-state index < -0.39 is 5.97 Å². The lowest BCUT2D eigenvalue weighted by molar-refractivity contribution is -0.143. The Morgan fingerprint density at radius 3 is 2.57 bits per heavy atom. The second-order valence-electron chi connectivity index (χ2n) is 6.13. The van der Waals surface area contributed by atoms with Gasteiger partial charge in [-0.3, -0.25) is 14.5 Å². The largest absolute Gasteiger partial charge is 0.481 e. The van der Waals surface area contributed by atoms with Crippen LogP contribution in [0.5, 0.6) is 0 Å². The maximum atomic E-state index is 12.5. The van der Waals surface area contributed by atoms with Gasteiger partial charge in [0.15, 0.2) is 0 Å². The molecule has 0 aromatic heterocycles. The highest BCUT2D eigenvalue weighted by Gasteiger charge is 2.31. The van der Waals surface area contributed by atoms with Crippen LogP contribution in [0, 0.1) is 12.8 Å². The van der Waals surface area contributed by atoms with Gasteiger partial charge >= 0.3 is 5.97 Å². The first-order valence-corrected chi connectivity index (χ1v) is 8.06. The van der Waals surface area contributed by atoms with Crippen molar-refractivity contribution in [1.82, 2.24) is 4.90 Å². The van der Waals surface area contributed by atoms with Gasteiger partial charge in [-0.1, -0.05) is 13.0 Å². The van der Waals surface area contributed by atoms with Crippen molar-refractivity contribution in [3.05, 3.63) is 23.8 Å². The highest BCUT2D eigenvalue weighted by Crippen LogP contribution is 2.22. The summed E-state index contributed by atoms with van der Waals surface area (Å²) in [5.41, 5.74) is 8.19. The van der Waals surface area contributed by atoms with Crippen molar-refractivity contribution in [3.8, 4) is 0 Å². The van der Waals surface area contributed by atoms with Crippen LogP contribution < -0.4 is 11.1 Å². The quantitative estimate of drug-likeness (QED) is 0.722. The van der Waals surface area contributed by atoms with E-state index in [2.05, 4.69) is 10.2 Å². The molecule has 126 valence electrons. The van der Waals surface area contributed by atoms with Crippen LogP contribution in [0.15, 0.2) is 18.2 Å². The third kappa shape index (κ3) is 4.22. The molecule has 1 fully saturated rings. The minimum absolute atomic E-state index is 0.0653. The van der Waals surface area contributed by atoms with E-state index in [-0.39, 0.29) is 17.9 Å². The lowest BCUT2D eigenvalue weighted by atomic mass is 9.95. The molecule has 0 spiro atoms. The van der Waals surface area contributed by atoms with E-state index in [1.165, 1.54) is 0 Å². The van der Waals surface area contributed by atoms with Gasteiger partial charge in [-0.15, -0.1) is 0 Å². The van der Waals surface area contributed by atoms with Gasteiger partial charge in [0.1, 0.15) is 0 Å². The van der Waals surface area contributed by atoms with Crippen molar-refractivity contribution in [1.29, 1.82) is 0 Å². The number of nitrogens with one attached hydrogen (secondary N) is 1. The van der Waals surface area contributed by atoms with Crippen LogP contribution in [0.4, 0.5) is 11.4 Å². The normalized spacial score (nSPS) is 17.7. The highest BCUT2D eigenvalue weighted by atomic mass is 16.4. The molecule has 6 heteroatoms. The molecule has 4 N–H and O–H groups in total. The summed E-state index contributed by atoms with van der Waals surface area (Å²) in [6, 6.07) is 5.24. The first-order valence-electron chi connectivity index (χ1n) is 8.06. The standard InChI is InChI=1S/C17H25N3O3/c1-3-15(20-8-6-12(7-9-20)17(22)23)16(21)19-13-5-4-11(2)14(18)10-13/h4-5,10,12,15H,3,6-9,18H2,1-2H3,(H,19,21)(H,22,23). The minimum atomic E-state index is -0.739. The number of hydrogen-bond donors (Lipinski definition) is 3. The Hall–Kier alpha value is -2.08. The number of rotatable bonds is 5. The summed E-state index contributed by atoms with van der Waals surface area (Å²) >= 11 is 0. The van der Waals surface area contributed by atoms with Gasteiger partial charge in [0.2, 0.25) is 5.91 Å². The van der Waals surface area contributed by atoms with Crippen molar-refractivity contribution >= 4 is 23.3 Å². The van der Waals surface area contributed by atoms with E-state index in [0.29, 0.717) is 43.7 Å². The molecule has 1 atom stereocenters. The third-order valence-corrected chi connectivity index (χ3v) is 4.56. The molecule has 1 aliphatic heterocycles. The molecule has 6 nitrogen and oxygen atoms in total. The minimum Gasteiger partial charge on any atom is -0.481 e. The zero-order valence-corrected chi connectivity index (χ0v) is 13.7. The number of carboxylic acid groups (broad SMARTS) is 1. The van der Waals surface area contributed by atoms with Gasteiger partial charge in [-0.2, -0.15) is 0 Å². The van der Waals surface area contributed by atoms with Gasteiger partial charge in [0.05, 0.1) is 12.0 Å². The van der Waals surface area contributed by atoms with Crippen LogP contribution in [0.3, 0.4) is 0 Å². The van der Waals surface area contributed by atoms with Gasteiger partial charge in [0, 0.05) is 11.4 Å². The van der Waals surface area contributed by atoms with Crippen LogP contribution in [-0.4, -0.2) is 41.0 Å². The molecule has 0 radical (unpaired) electrons. The number of piperidine rings is 1. The van der Waals surface area contributed by atoms with Crippen molar-refractivity contribution < 1.29 is 14.7 Å². The van der Waals surface area contributed by atoms with E-state index in [1.54, 1.807) is 6.07 Å². The van der Waals surface area contributed by atoms with Crippen LogP contribution >= 0.6 is 0 Å². The second kappa shape index (κ2) is 7.46. The number of carbonyl (C=O) groups excluding carboxylic acids is 1. The summed E-state index contributed by atoms with van der Waals surface area (Å²) in [5, 5.41) is 12.0. The van der Waals surface area contributed by atoms with Crippen LogP contribution in [-0.2, 0) is 9.59 Å². The summed E-state index contributed by atoms with van der Waals surface area (Å²) in [7, 11) is 0. The molecule has 1 unspecified atom stereocenters. The summed E-state index contributed by atoms with van der Waals surface area (Å²) in [4.78, 5) is 25.6. The maximum Gasteiger partial charge on any atom is 0.306 e. The Labute approximate surface area is 136 Å². The molecule has 1 aromatic carbocycles. The number of nitrogens with zero attached hydrogens (tertiary/aromatic N) is 1. The molecular formula is C17H25N3O3. The van der Waals surface area contributed by atoms with Gasteiger partial charge < -0.3 is 16.2 Å². The van der Waals surface area contributed by atoms with Gasteiger partial charge in [-0.25, -0.2) is 0 Å². The number of carboxylic acids is 1. The Balaban J connectivity index is 1.98. The molecule has 1 aromatic rings. The zero-order valence-electron chi connectivity index (χ0n) is 13.7. The fourth-order valence-electron chi connectivity index (χ4n) is 3.01. The fourth-order valence-corrected chi connectivity index (χ4v) is 3.01. The van der Waals surface area contributed by atoms with Crippen LogP contribution in [0.1, 0.15) is 31.7 Å². The molecule has 1 aliphatic rings. The third-order valence-electron chi connectivity index (χ3n) is 4.56. The molecule has 2 rings (SSSR count). The average molecular weight is 319 g/mol. The molecule has 1 heterocycles. The number of benzene rings is 1. The van der Waals surface area contributed by atoms with Gasteiger partial charge in [0.25, 0.3) is 0 Å². The van der Waals surface area contributed by atoms with E-state index >= 15 is 0 Å². The van der Waals surface area contributed by atoms with Crippen molar-refractivity contribution in [2.75, 3.05) is 24.1 Å².